The zero-order chi connectivity index (χ0) is 27.6. The predicted octanol–water partition coefficient (Wildman–Crippen LogP) is 4.72. The molecule has 1 aliphatic rings. The Hall–Kier alpha value is -3.77. The summed E-state index contributed by atoms with van der Waals surface area (Å²) in [5.41, 5.74) is 0.0664. The summed E-state index contributed by atoms with van der Waals surface area (Å²) in [4.78, 5) is 10.6. The minimum atomic E-state index is -0.891. The van der Waals surface area contributed by atoms with Crippen LogP contribution in [0.2, 0.25) is 0 Å². The van der Waals surface area contributed by atoms with E-state index < -0.39 is 24.1 Å². The number of rotatable bonds is 13. The number of hydrogen-bond donors (Lipinski definition) is 1. The smallest absolute Gasteiger partial charge is 0.227 e. The third-order valence-electron chi connectivity index (χ3n) is 6.09. The zero-order valence-electron chi connectivity index (χ0n) is 21.8. The maximum atomic E-state index is 14.5. The molecule has 4 rings (SSSR count). The lowest BCUT2D eigenvalue weighted by Gasteiger charge is -2.26. The van der Waals surface area contributed by atoms with Crippen molar-refractivity contribution in [3.05, 3.63) is 59.7 Å². The Kier molecular flexibility index (Phi) is 10.0. The van der Waals surface area contributed by atoms with Crippen molar-refractivity contribution in [3.63, 3.8) is 0 Å². The molecule has 0 spiro atoms. The second-order valence-corrected chi connectivity index (χ2v) is 8.70. The second kappa shape index (κ2) is 13.9. The molecule has 1 aliphatic heterocycles. The van der Waals surface area contributed by atoms with Gasteiger partial charge in [0.05, 0.1) is 52.0 Å². The molecule has 0 atom stereocenters. The molecule has 0 aliphatic carbocycles. The number of morpholine rings is 1. The van der Waals surface area contributed by atoms with Crippen LogP contribution in [0, 0.1) is 17.5 Å². The molecule has 0 bridgehead atoms. The van der Waals surface area contributed by atoms with Gasteiger partial charge in [0.1, 0.15) is 6.61 Å². The second-order valence-electron chi connectivity index (χ2n) is 8.70. The Morgan fingerprint density at radius 3 is 2.23 bits per heavy atom. The Morgan fingerprint density at radius 1 is 0.897 bits per heavy atom. The van der Waals surface area contributed by atoms with Gasteiger partial charge in [-0.05, 0) is 31.5 Å². The van der Waals surface area contributed by atoms with Crippen LogP contribution in [0.25, 0.3) is 0 Å². The van der Waals surface area contributed by atoms with E-state index in [4.69, 9.17) is 23.7 Å². The van der Waals surface area contributed by atoms with E-state index in [9.17, 15) is 13.2 Å². The van der Waals surface area contributed by atoms with E-state index in [1.54, 1.807) is 12.1 Å². The zero-order valence-corrected chi connectivity index (χ0v) is 21.8. The van der Waals surface area contributed by atoms with Gasteiger partial charge in [-0.1, -0.05) is 0 Å². The van der Waals surface area contributed by atoms with Crippen molar-refractivity contribution in [1.29, 1.82) is 0 Å². The molecular weight excluding hydrogens is 517 g/mol. The van der Waals surface area contributed by atoms with E-state index in [1.165, 1.54) is 32.7 Å². The third kappa shape index (κ3) is 7.64. The molecule has 0 amide bonds. The molecule has 0 saturated carbocycles. The molecular formula is C27H31F3N4O5. The van der Waals surface area contributed by atoms with Gasteiger partial charge in [0.15, 0.2) is 40.4 Å². The van der Waals surface area contributed by atoms with E-state index in [0.29, 0.717) is 12.3 Å². The quantitative estimate of drug-likeness (QED) is 0.305. The highest BCUT2D eigenvalue weighted by atomic mass is 19.1. The predicted molar refractivity (Wildman–Crippen MR) is 137 cm³/mol. The lowest BCUT2D eigenvalue weighted by molar-refractivity contribution is 0.0367. The van der Waals surface area contributed by atoms with Crippen LogP contribution < -0.4 is 24.3 Å². The molecule has 39 heavy (non-hydrogen) atoms. The summed E-state index contributed by atoms with van der Waals surface area (Å²) in [5, 5.41) is 2.89. The number of anilines is 2. The van der Waals surface area contributed by atoms with Gasteiger partial charge in [-0.25, -0.2) is 23.1 Å². The summed E-state index contributed by atoms with van der Waals surface area (Å²) in [6, 6.07) is 5.61. The Bertz CT molecular complexity index is 1200. The molecule has 9 nitrogen and oxygen atoms in total. The highest BCUT2D eigenvalue weighted by molar-refractivity contribution is 5.55. The van der Waals surface area contributed by atoms with Crippen molar-refractivity contribution in [1.82, 2.24) is 14.9 Å². The largest absolute Gasteiger partial charge is 0.494 e. The van der Waals surface area contributed by atoms with Crippen LogP contribution in [-0.4, -0.2) is 68.5 Å². The van der Waals surface area contributed by atoms with E-state index in [2.05, 4.69) is 20.2 Å². The first kappa shape index (κ1) is 28.2. The van der Waals surface area contributed by atoms with Crippen LogP contribution in [0.1, 0.15) is 18.4 Å². The highest BCUT2D eigenvalue weighted by Crippen LogP contribution is 2.32. The van der Waals surface area contributed by atoms with Crippen molar-refractivity contribution < 1.29 is 36.9 Å². The first-order valence-electron chi connectivity index (χ1n) is 12.5. The SMILES string of the molecule is COc1cc(OC)c(F)c(COc2cnc(Nc3ccc(OCCCCN4CCOCC4)c(F)c3)nc2)c1F. The molecule has 1 fully saturated rings. The summed E-state index contributed by atoms with van der Waals surface area (Å²) in [7, 11) is 2.53. The van der Waals surface area contributed by atoms with Crippen LogP contribution >= 0.6 is 0 Å². The van der Waals surface area contributed by atoms with Crippen LogP contribution in [0.4, 0.5) is 24.8 Å². The first-order valence-corrected chi connectivity index (χ1v) is 12.5. The molecule has 12 heteroatoms. The summed E-state index contributed by atoms with van der Waals surface area (Å²) in [5.74, 6) is -2.11. The number of halogens is 3. The van der Waals surface area contributed by atoms with Crippen molar-refractivity contribution in [2.24, 2.45) is 0 Å². The van der Waals surface area contributed by atoms with Crippen molar-refractivity contribution >= 4 is 11.6 Å². The summed E-state index contributed by atoms with van der Waals surface area (Å²) in [6.07, 6.45) is 4.44. The maximum absolute atomic E-state index is 14.5. The van der Waals surface area contributed by atoms with Gasteiger partial charge in [-0.15, -0.1) is 0 Å². The van der Waals surface area contributed by atoms with E-state index in [0.717, 1.165) is 51.8 Å². The van der Waals surface area contributed by atoms with Crippen LogP contribution in [-0.2, 0) is 11.3 Å². The van der Waals surface area contributed by atoms with Crippen LogP contribution in [0.15, 0.2) is 36.7 Å². The molecule has 1 saturated heterocycles. The van der Waals surface area contributed by atoms with Gasteiger partial charge in [0, 0.05) is 30.9 Å². The summed E-state index contributed by atoms with van der Waals surface area (Å²) < 4.78 is 69.8. The van der Waals surface area contributed by atoms with E-state index in [1.807, 2.05) is 0 Å². The number of methoxy groups -OCH3 is 2. The van der Waals surface area contributed by atoms with Gasteiger partial charge in [0.25, 0.3) is 0 Å². The van der Waals surface area contributed by atoms with Gasteiger partial charge >= 0.3 is 0 Å². The van der Waals surface area contributed by atoms with Crippen molar-refractivity contribution in [2.45, 2.75) is 19.4 Å². The molecule has 210 valence electrons. The lowest BCUT2D eigenvalue weighted by atomic mass is 10.1. The minimum Gasteiger partial charge on any atom is -0.494 e. The number of nitrogens with one attached hydrogen (secondary N) is 1. The summed E-state index contributed by atoms with van der Waals surface area (Å²) in [6.45, 7) is 4.40. The van der Waals surface area contributed by atoms with E-state index >= 15 is 0 Å². The van der Waals surface area contributed by atoms with Crippen molar-refractivity contribution in [3.8, 4) is 23.0 Å². The highest BCUT2D eigenvalue weighted by Gasteiger charge is 2.20. The Balaban J connectivity index is 1.26. The number of hydrogen-bond acceptors (Lipinski definition) is 9. The number of ether oxygens (including phenoxy) is 5. The summed E-state index contributed by atoms with van der Waals surface area (Å²) >= 11 is 0. The van der Waals surface area contributed by atoms with E-state index in [-0.39, 0.29) is 34.5 Å². The molecule has 2 heterocycles. The number of unbranched alkanes of at least 4 members (excludes halogenated alkanes) is 1. The molecule has 3 aromatic rings. The normalized spacial score (nSPS) is 13.7. The first-order chi connectivity index (χ1) is 19.0. The fourth-order valence-corrected chi connectivity index (χ4v) is 3.94. The average Bonchev–Trinajstić information content (AvgIpc) is 2.95. The average molecular weight is 549 g/mol. The van der Waals surface area contributed by atoms with Gasteiger partial charge < -0.3 is 29.0 Å². The molecule has 1 aromatic heterocycles. The molecule has 2 aromatic carbocycles. The fourth-order valence-electron chi connectivity index (χ4n) is 3.94. The number of aromatic nitrogens is 2. The Morgan fingerprint density at radius 2 is 1.59 bits per heavy atom. The number of benzene rings is 2. The van der Waals surface area contributed by atoms with Crippen LogP contribution in [0.5, 0.6) is 23.0 Å². The lowest BCUT2D eigenvalue weighted by Crippen LogP contribution is -2.36. The minimum absolute atomic E-state index is 0.171. The molecule has 1 N–H and O–H groups in total. The topological polar surface area (TPSA) is 87.2 Å². The fraction of sp³-hybridized carbons (Fsp3) is 0.407. The van der Waals surface area contributed by atoms with Gasteiger partial charge in [0.2, 0.25) is 5.95 Å². The molecule has 0 unspecified atom stereocenters. The standard InChI is InChI=1S/C27H31F3N4O5/c1-35-23-14-24(36-2)26(30)20(25(23)29)17-39-19-15-31-27(32-16-19)33-18-5-6-22(21(28)13-18)38-10-4-3-7-34-8-11-37-12-9-34/h5-6,13-16H,3-4,7-12,17H2,1-2H3,(H,31,32,33). The monoisotopic (exact) mass is 548 g/mol. The Labute approximate surface area is 224 Å². The number of nitrogens with zero attached hydrogens (tertiary/aromatic N) is 3. The van der Waals surface area contributed by atoms with Gasteiger partial charge in [-0.2, -0.15) is 0 Å². The van der Waals surface area contributed by atoms with Crippen molar-refractivity contribution in [2.75, 3.05) is 59.0 Å². The van der Waals surface area contributed by atoms with Crippen LogP contribution in [0.3, 0.4) is 0 Å². The third-order valence-corrected chi connectivity index (χ3v) is 6.09. The molecule has 0 radical (unpaired) electrons. The maximum Gasteiger partial charge on any atom is 0.227 e. The van der Waals surface area contributed by atoms with Gasteiger partial charge in [-0.3, -0.25) is 4.90 Å².